The minimum atomic E-state index is -3.92. The van der Waals surface area contributed by atoms with Crippen LogP contribution in [0.4, 0.5) is 0 Å². The Kier molecular flexibility index (Phi) is 6.75. The molecule has 0 saturated carbocycles. The molecule has 2 saturated heterocycles. The summed E-state index contributed by atoms with van der Waals surface area (Å²) in [6.45, 7) is 0.476. The van der Waals surface area contributed by atoms with Crippen LogP contribution in [-0.4, -0.2) is 83.9 Å². The smallest absolute Gasteiger partial charge is 0.328 e. The molecule has 2 aromatic heterocycles. The lowest BCUT2D eigenvalue weighted by molar-refractivity contribution is -0.153. The van der Waals surface area contributed by atoms with Gasteiger partial charge in [0.1, 0.15) is 12.1 Å². The van der Waals surface area contributed by atoms with E-state index in [4.69, 9.17) is 9.15 Å². The van der Waals surface area contributed by atoms with Crippen molar-refractivity contribution in [3.63, 3.8) is 0 Å². The predicted octanol–water partition coefficient (Wildman–Crippen LogP) is 0.129. The van der Waals surface area contributed by atoms with Crippen molar-refractivity contribution in [2.45, 2.75) is 48.8 Å². The van der Waals surface area contributed by atoms with Gasteiger partial charge < -0.3 is 23.5 Å². The molecule has 1 N–H and O–H groups in total. The molecule has 4 rings (SSSR count). The molecule has 184 valence electrons. The van der Waals surface area contributed by atoms with Crippen LogP contribution in [0.1, 0.15) is 36.2 Å². The zero-order valence-electron chi connectivity index (χ0n) is 18.9. The zero-order valence-corrected chi connectivity index (χ0v) is 19.7. The average molecular weight is 494 g/mol. The van der Waals surface area contributed by atoms with Gasteiger partial charge in [0.05, 0.1) is 19.7 Å². The molecule has 0 bridgehead atoms. The molecule has 12 nitrogen and oxygen atoms in total. The standard InChI is InChI=1S/C21H27N5O7S/c1-24-12-18(22-13-24)34(30,31)23-14-7-9-26(20(28)17-6-4-10-33-17)16(11-14)19(27)25-8-3-5-15(25)21(29)32-2/h4,6,10,12-16,23H,3,5,7-9,11H2,1-2H3/t14-,15+,16-/m0/s1. The summed E-state index contributed by atoms with van der Waals surface area (Å²) in [5.74, 6) is -1.33. The number of carbonyl (C=O) groups is 3. The van der Waals surface area contributed by atoms with Gasteiger partial charge in [-0.25, -0.2) is 22.9 Å². The van der Waals surface area contributed by atoms with E-state index in [9.17, 15) is 22.8 Å². The predicted molar refractivity (Wildman–Crippen MR) is 117 cm³/mol. The number of hydrogen-bond donors (Lipinski definition) is 1. The second kappa shape index (κ2) is 9.58. The van der Waals surface area contributed by atoms with Gasteiger partial charge in [-0.1, -0.05) is 0 Å². The van der Waals surface area contributed by atoms with E-state index in [1.54, 1.807) is 13.1 Å². The van der Waals surface area contributed by atoms with E-state index in [-0.39, 0.29) is 23.8 Å². The van der Waals surface area contributed by atoms with Crippen LogP contribution in [0.5, 0.6) is 0 Å². The first-order valence-electron chi connectivity index (χ1n) is 10.9. The molecule has 34 heavy (non-hydrogen) atoms. The van der Waals surface area contributed by atoms with Crippen LogP contribution < -0.4 is 4.72 Å². The number of methoxy groups -OCH3 is 1. The maximum absolute atomic E-state index is 13.6. The van der Waals surface area contributed by atoms with E-state index in [1.807, 2.05) is 0 Å². The summed E-state index contributed by atoms with van der Waals surface area (Å²) in [5, 5.41) is -0.128. The van der Waals surface area contributed by atoms with Crippen LogP contribution in [0.3, 0.4) is 0 Å². The highest BCUT2D eigenvalue weighted by atomic mass is 32.2. The number of aryl methyl sites for hydroxylation is 1. The number of carbonyl (C=O) groups excluding carboxylic acids is 3. The molecular weight excluding hydrogens is 466 g/mol. The number of furan rings is 1. The molecule has 2 aliphatic heterocycles. The Balaban J connectivity index is 1.58. The lowest BCUT2D eigenvalue weighted by Crippen LogP contribution is -2.59. The number of sulfonamides is 1. The van der Waals surface area contributed by atoms with Gasteiger partial charge in [-0.3, -0.25) is 9.59 Å². The number of piperidine rings is 1. The maximum atomic E-state index is 13.6. The Hall–Kier alpha value is -3.19. The third kappa shape index (κ3) is 4.71. The van der Waals surface area contributed by atoms with Crippen molar-refractivity contribution in [2.75, 3.05) is 20.2 Å². The van der Waals surface area contributed by atoms with E-state index in [0.29, 0.717) is 25.8 Å². The molecule has 0 aliphatic carbocycles. The van der Waals surface area contributed by atoms with Crippen molar-refractivity contribution in [3.05, 3.63) is 36.7 Å². The first kappa shape index (κ1) is 24.0. The third-order valence-corrected chi connectivity index (χ3v) is 7.57. The first-order valence-corrected chi connectivity index (χ1v) is 12.4. The van der Waals surface area contributed by atoms with E-state index >= 15 is 0 Å². The van der Waals surface area contributed by atoms with E-state index in [0.717, 1.165) is 0 Å². The molecular formula is C21H27N5O7S. The Labute approximate surface area is 196 Å². The molecule has 0 spiro atoms. The second-order valence-corrected chi connectivity index (χ2v) is 10.1. The van der Waals surface area contributed by atoms with Crippen molar-refractivity contribution in [1.29, 1.82) is 0 Å². The lowest BCUT2D eigenvalue weighted by atomic mass is 9.96. The summed E-state index contributed by atoms with van der Waals surface area (Å²) >= 11 is 0. The van der Waals surface area contributed by atoms with Crippen LogP contribution in [-0.2, 0) is 31.4 Å². The van der Waals surface area contributed by atoms with Crippen LogP contribution in [0.25, 0.3) is 0 Å². The summed E-state index contributed by atoms with van der Waals surface area (Å²) in [6.07, 6.45) is 5.56. The van der Waals surface area contributed by atoms with Crippen molar-refractivity contribution in [3.8, 4) is 0 Å². The minimum Gasteiger partial charge on any atom is -0.467 e. The van der Waals surface area contributed by atoms with E-state index in [1.165, 1.54) is 46.3 Å². The first-order chi connectivity index (χ1) is 16.2. The van der Waals surface area contributed by atoms with Gasteiger partial charge in [-0.2, -0.15) is 0 Å². The number of likely N-dealkylation sites (tertiary alicyclic amines) is 2. The molecule has 2 aliphatic rings. The molecule has 0 radical (unpaired) electrons. The van der Waals surface area contributed by atoms with Crippen LogP contribution in [0.15, 0.2) is 40.4 Å². The number of nitrogens with zero attached hydrogens (tertiary/aromatic N) is 4. The Bertz CT molecular complexity index is 1160. The Morgan fingerprint density at radius 1 is 1.18 bits per heavy atom. The van der Waals surface area contributed by atoms with Gasteiger partial charge in [-0.05, 0) is 37.8 Å². The van der Waals surface area contributed by atoms with Gasteiger partial charge in [-0.15, -0.1) is 0 Å². The summed E-state index contributed by atoms with van der Waals surface area (Å²) in [4.78, 5) is 45.6. The molecule has 2 amide bonds. The van der Waals surface area contributed by atoms with Crippen LogP contribution >= 0.6 is 0 Å². The summed E-state index contributed by atoms with van der Waals surface area (Å²) in [7, 11) is -0.996. The van der Waals surface area contributed by atoms with Crippen molar-refractivity contribution in [2.24, 2.45) is 7.05 Å². The number of hydrogen-bond acceptors (Lipinski definition) is 8. The molecule has 2 aromatic rings. The van der Waals surface area contributed by atoms with Crippen molar-refractivity contribution >= 4 is 27.8 Å². The Morgan fingerprint density at radius 3 is 2.62 bits per heavy atom. The van der Waals surface area contributed by atoms with Crippen molar-refractivity contribution in [1.82, 2.24) is 24.1 Å². The number of aromatic nitrogens is 2. The highest BCUT2D eigenvalue weighted by molar-refractivity contribution is 7.89. The van der Waals surface area contributed by atoms with Crippen molar-refractivity contribution < 1.29 is 32.0 Å². The number of esters is 1. The Morgan fingerprint density at radius 2 is 1.97 bits per heavy atom. The fourth-order valence-electron chi connectivity index (χ4n) is 4.50. The SMILES string of the molecule is COC(=O)[C@H]1CCCN1C(=O)[C@@H]1C[C@@H](NS(=O)(=O)c2cn(C)cn2)CCN1C(=O)c1ccco1. The largest absolute Gasteiger partial charge is 0.467 e. The fraction of sp³-hybridized carbons (Fsp3) is 0.524. The summed E-state index contributed by atoms with van der Waals surface area (Å²) in [5.41, 5.74) is 0. The topological polar surface area (TPSA) is 144 Å². The summed E-state index contributed by atoms with van der Waals surface area (Å²) in [6, 6.07) is 0.760. The molecule has 4 heterocycles. The quantitative estimate of drug-likeness (QED) is 0.559. The average Bonchev–Trinajstić information content (AvgIpc) is 3.59. The lowest BCUT2D eigenvalue weighted by Gasteiger charge is -2.40. The highest BCUT2D eigenvalue weighted by Gasteiger charge is 2.44. The van der Waals surface area contributed by atoms with Gasteiger partial charge in [0.15, 0.2) is 10.8 Å². The molecule has 0 unspecified atom stereocenters. The number of ether oxygens (including phenoxy) is 1. The summed E-state index contributed by atoms with van der Waals surface area (Å²) < 4.78 is 39.8. The normalized spacial score (nSPS) is 23.2. The van der Waals surface area contributed by atoms with Crippen LogP contribution in [0, 0.1) is 0 Å². The van der Waals surface area contributed by atoms with Crippen LogP contribution in [0.2, 0.25) is 0 Å². The van der Waals surface area contributed by atoms with Gasteiger partial charge in [0, 0.05) is 32.4 Å². The van der Waals surface area contributed by atoms with Gasteiger partial charge in [0.2, 0.25) is 5.91 Å². The van der Waals surface area contributed by atoms with Gasteiger partial charge >= 0.3 is 5.97 Å². The zero-order chi connectivity index (χ0) is 24.5. The number of imidazole rings is 1. The number of rotatable bonds is 6. The van der Waals surface area contributed by atoms with Gasteiger partial charge in [0.25, 0.3) is 15.9 Å². The highest BCUT2D eigenvalue weighted by Crippen LogP contribution is 2.27. The number of amides is 2. The maximum Gasteiger partial charge on any atom is 0.328 e. The molecule has 3 atom stereocenters. The van der Waals surface area contributed by atoms with E-state index in [2.05, 4.69) is 9.71 Å². The third-order valence-electron chi connectivity index (χ3n) is 6.17. The molecule has 0 aromatic carbocycles. The minimum absolute atomic E-state index is 0.0434. The molecule has 2 fully saturated rings. The fourth-order valence-corrected chi connectivity index (χ4v) is 5.77. The monoisotopic (exact) mass is 493 g/mol. The number of nitrogens with one attached hydrogen (secondary N) is 1. The molecule has 13 heteroatoms. The second-order valence-electron chi connectivity index (χ2n) is 8.42. The van der Waals surface area contributed by atoms with E-state index < -0.39 is 45.9 Å².